The lowest BCUT2D eigenvalue weighted by Crippen LogP contribution is -2.08. The van der Waals surface area contributed by atoms with E-state index in [-0.39, 0.29) is 12.4 Å². The smallest absolute Gasteiger partial charge is 0.338 e. The Morgan fingerprint density at radius 2 is 1.92 bits per heavy atom. The van der Waals surface area contributed by atoms with E-state index in [0.29, 0.717) is 17.8 Å². The zero-order chi connectivity index (χ0) is 18.1. The molecule has 3 nitrogen and oxygen atoms in total. The van der Waals surface area contributed by atoms with Crippen molar-refractivity contribution in [3.05, 3.63) is 65.0 Å². The van der Waals surface area contributed by atoms with Crippen LogP contribution in [0.4, 0.5) is 8.78 Å². The molecule has 130 valence electrons. The van der Waals surface area contributed by atoms with Gasteiger partial charge in [-0.15, -0.1) is 0 Å². The van der Waals surface area contributed by atoms with Crippen LogP contribution in [0.1, 0.15) is 34.1 Å². The quantitative estimate of drug-likeness (QED) is 0.301. The highest BCUT2D eigenvalue weighted by molar-refractivity contribution is 5.92. The second-order valence-corrected chi connectivity index (χ2v) is 4.97. The fourth-order valence-corrected chi connectivity index (χ4v) is 1.82. The van der Waals surface area contributed by atoms with Crippen LogP contribution in [-0.4, -0.2) is 12.6 Å². The maximum absolute atomic E-state index is 13.7. The molecule has 0 saturated heterocycles. The minimum absolute atomic E-state index is 0.0944. The van der Waals surface area contributed by atoms with E-state index in [0.717, 1.165) is 17.7 Å². The summed E-state index contributed by atoms with van der Waals surface area (Å²) in [6, 6.07) is 3.07. The van der Waals surface area contributed by atoms with E-state index < -0.39 is 17.6 Å². The number of rotatable bonds is 7. The molecule has 0 amide bonds. The summed E-state index contributed by atoms with van der Waals surface area (Å²) in [5.74, 6) is -1.66. The van der Waals surface area contributed by atoms with Crippen LogP contribution in [-0.2, 0) is 9.53 Å². The van der Waals surface area contributed by atoms with Crippen LogP contribution in [0.25, 0.3) is 0 Å². The van der Waals surface area contributed by atoms with Crippen LogP contribution < -0.4 is 4.74 Å². The van der Waals surface area contributed by atoms with Crippen LogP contribution in [0.15, 0.2) is 53.3 Å². The summed E-state index contributed by atoms with van der Waals surface area (Å²) in [5.41, 5.74) is 1.30. The minimum atomic E-state index is -0.798. The molecule has 0 unspecified atom stereocenters. The van der Waals surface area contributed by atoms with Gasteiger partial charge in [0.05, 0.1) is 12.2 Å². The van der Waals surface area contributed by atoms with Crippen molar-refractivity contribution in [1.29, 1.82) is 0 Å². The van der Waals surface area contributed by atoms with Gasteiger partial charge in [-0.3, -0.25) is 0 Å². The van der Waals surface area contributed by atoms with Gasteiger partial charge in [0, 0.05) is 6.07 Å². The van der Waals surface area contributed by atoms with E-state index in [1.165, 1.54) is 6.07 Å². The van der Waals surface area contributed by atoms with Crippen molar-refractivity contribution in [2.75, 3.05) is 6.61 Å². The van der Waals surface area contributed by atoms with Crippen LogP contribution in [0.5, 0.6) is 5.75 Å². The van der Waals surface area contributed by atoms with Gasteiger partial charge in [0.25, 0.3) is 0 Å². The van der Waals surface area contributed by atoms with Crippen molar-refractivity contribution in [3.63, 3.8) is 0 Å². The van der Waals surface area contributed by atoms with Gasteiger partial charge in [0.15, 0.2) is 11.6 Å². The minimum Gasteiger partial charge on any atom is -0.462 e. The summed E-state index contributed by atoms with van der Waals surface area (Å²) in [6.07, 6.45) is 5.43. The molecule has 0 spiro atoms. The van der Waals surface area contributed by atoms with Crippen molar-refractivity contribution in [2.45, 2.75) is 34.1 Å². The van der Waals surface area contributed by atoms with Gasteiger partial charge in [-0.05, 0) is 57.6 Å². The molecule has 0 atom stereocenters. The SMILES string of the molecule is C\C=C(/C=C\C(C(=O)OCC)=C(/C)CC)Oc1ccc(F)cc1F. The number of carbonyl (C=O) groups is 1. The summed E-state index contributed by atoms with van der Waals surface area (Å²) in [4.78, 5) is 12.0. The van der Waals surface area contributed by atoms with Gasteiger partial charge in [0.2, 0.25) is 0 Å². The van der Waals surface area contributed by atoms with E-state index in [4.69, 9.17) is 9.47 Å². The first-order valence-corrected chi connectivity index (χ1v) is 7.77. The summed E-state index contributed by atoms with van der Waals surface area (Å²) in [6.45, 7) is 7.50. The molecule has 1 rings (SSSR count). The third-order valence-electron chi connectivity index (χ3n) is 3.31. The molecule has 0 N–H and O–H groups in total. The van der Waals surface area contributed by atoms with Gasteiger partial charge >= 0.3 is 5.97 Å². The van der Waals surface area contributed by atoms with E-state index in [1.54, 1.807) is 32.1 Å². The maximum atomic E-state index is 13.7. The average Bonchev–Trinajstić information content (AvgIpc) is 2.55. The molecule has 0 aliphatic rings. The Bertz CT molecular complexity index is 673. The van der Waals surface area contributed by atoms with Crippen LogP contribution in [0.3, 0.4) is 0 Å². The molecule has 24 heavy (non-hydrogen) atoms. The van der Waals surface area contributed by atoms with Crippen molar-refractivity contribution >= 4 is 5.97 Å². The monoisotopic (exact) mass is 336 g/mol. The number of carbonyl (C=O) groups excluding carboxylic acids is 1. The first-order chi connectivity index (χ1) is 11.4. The fourth-order valence-electron chi connectivity index (χ4n) is 1.82. The van der Waals surface area contributed by atoms with Crippen LogP contribution >= 0.6 is 0 Å². The van der Waals surface area contributed by atoms with Crippen molar-refractivity contribution in [1.82, 2.24) is 0 Å². The molecule has 1 aromatic rings. The molecule has 0 heterocycles. The second-order valence-electron chi connectivity index (χ2n) is 4.97. The predicted octanol–water partition coefficient (Wildman–Crippen LogP) is 5.09. The normalized spacial score (nSPS) is 13.0. The average molecular weight is 336 g/mol. The second kappa shape index (κ2) is 9.65. The van der Waals surface area contributed by atoms with E-state index in [9.17, 15) is 13.6 Å². The topological polar surface area (TPSA) is 35.5 Å². The number of benzene rings is 1. The largest absolute Gasteiger partial charge is 0.462 e. The summed E-state index contributed by atoms with van der Waals surface area (Å²) >= 11 is 0. The summed E-state index contributed by atoms with van der Waals surface area (Å²) in [5, 5.41) is 0. The van der Waals surface area contributed by atoms with Gasteiger partial charge < -0.3 is 9.47 Å². The zero-order valence-electron chi connectivity index (χ0n) is 14.4. The lowest BCUT2D eigenvalue weighted by Gasteiger charge is -2.09. The van der Waals surface area contributed by atoms with Gasteiger partial charge in [0.1, 0.15) is 11.6 Å². The van der Waals surface area contributed by atoms with Crippen molar-refractivity contribution < 1.29 is 23.0 Å². The molecule has 0 aromatic heterocycles. The van der Waals surface area contributed by atoms with Crippen molar-refractivity contribution in [2.24, 2.45) is 0 Å². The molecule has 0 bridgehead atoms. The standard InChI is InChI=1S/C19H22F2O3/c1-5-13(4)16(19(22)23-7-3)10-9-15(6-2)24-18-11-8-14(20)12-17(18)21/h6,8-12H,5,7H2,1-4H3/b10-9-,15-6+,16-13-. The number of hydrogen-bond acceptors (Lipinski definition) is 3. The molecule has 1 aromatic carbocycles. The molecule has 0 aliphatic heterocycles. The third kappa shape index (κ3) is 5.65. The molecule has 0 aliphatic carbocycles. The van der Waals surface area contributed by atoms with Crippen LogP contribution in [0, 0.1) is 11.6 Å². The molecule has 0 saturated carbocycles. The fraction of sp³-hybridized carbons (Fsp3) is 0.316. The Kier molecular flexibility index (Phi) is 7.89. The summed E-state index contributed by atoms with van der Waals surface area (Å²) in [7, 11) is 0. The number of hydrogen-bond donors (Lipinski definition) is 0. The van der Waals surface area contributed by atoms with E-state index in [1.807, 2.05) is 13.8 Å². The zero-order valence-corrected chi connectivity index (χ0v) is 14.4. The maximum Gasteiger partial charge on any atom is 0.338 e. The number of allylic oxidation sites excluding steroid dienone is 3. The number of ether oxygens (including phenoxy) is 2. The molecular weight excluding hydrogens is 314 g/mol. The van der Waals surface area contributed by atoms with Gasteiger partial charge in [-0.25, -0.2) is 13.6 Å². The molecule has 5 heteroatoms. The number of esters is 1. The Hall–Kier alpha value is -2.43. The highest BCUT2D eigenvalue weighted by Crippen LogP contribution is 2.21. The Morgan fingerprint density at radius 3 is 2.46 bits per heavy atom. The first-order valence-electron chi connectivity index (χ1n) is 7.77. The lowest BCUT2D eigenvalue weighted by molar-refractivity contribution is -0.138. The Labute approximate surface area is 141 Å². The molecule has 0 fully saturated rings. The molecule has 0 radical (unpaired) electrons. The van der Waals surface area contributed by atoms with Gasteiger partial charge in [-0.2, -0.15) is 0 Å². The highest BCUT2D eigenvalue weighted by atomic mass is 19.1. The first kappa shape index (κ1) is 19.6. The molecular formula is C19H22F2O3. The third-order valence-corrected chi connectivity index (χ3v) is 3.31. The van der Waals surface area contributed by atoms with E-state index >= 15 is 0 Å². The van der Waals surface area contributed by atoms with Crippen LogP contribution in [0.2, 0.25) is 0 Å². The lowest BCUT2D eigenvalue weighted by atomic mass is 10.1. The Morgan fingerprint density at radius 1 is 1.21 bits per heavy atom. The summed E-state index contributed by atoms with van der Waals surface area (Å²) < 4.78 is 37.0. The Balaban J connectivity index is 3.00. The predicted molar refractivity (Wildman–Crippen MR) is 89.5 cm³/mol. The van der Waals surface area contributed by atoms with Crippen molar-refractivity contribution in [3.8, 4) is 5.75 Å². The number of halogens is 2. The van der Waals surface area contributed by atoms with Gasteiger partial charge in [-0.1, -0.05) is 12.5 Å². The highest BCUT2D eigenvalue weighted by Gasteiger charge is 2.11. The van der Waals surface area contributed by atoms with E-state index in [2.05, 4.69) is 0 Å².